The number of halogens is 1. The van der Waals surface area contributed by atoms with Gasteiger partial charge in [0.1, 0.15) is 5.82 Å². The molecule has 0 aliphatic carbocycles. The van der Waals surface area contributed by atoms with Crippen molar-refractivity contribution in [3.05, 3.63) is 65.2 Å². The molecule has 0 unspecified atom stereocenters. The van der Waals surface area contributed by atoms with Crippen molar-refractivity contribution in [2.75, 3.05) is 0 Å². The van der Waals surface area contributed by atoms with E-state index in [1.54, 1.807) is 37.5 Å². The molecule has 2 aromatic rings. The highest BCUT2D eigenvalue weighted by atomic mass is 19.1. The van der Waals surface area contributed by atoms with Crippen molar-refractivity contribution < 1.29 is 9.18 Å². The van der Waals surface area contributed by atoms with E-state index in [0.717, 1.165) is 0 Å². The fraction of sp³-hybridized carbons (Fsp3) is 0.0769. The Morgan fingerprint density at radius 3 is 2.44 bits per heavy atom. The Bertz CT molecular complexity index is 523. The molecule has 0 saturated heterocycles. The van der Waals surface area contributed by atoms with Gasteiger partial charge in [-0.3, -0.25) is 9.78 Å². The number of carbonyl (C=O) groups excluding carboxylic acids is 1. The maximum atomic E-state index is 13.0. The summed E-state index contributed by atoms with van der Waals surface area (Å²) in [5.41, 5.74) is 1.52. The molecule has 0 fully saturated rings. The standard InChI is InChI=1S/C13H10FNO/c1-9-8-11(2-3-12(9)14)13(16)10-4-6-15-7-5-10/h2-8H,1H3. The van der Waals surface area contributed by atoms with Gasteiger partial charge in [-0.25, -0.2) is 4.39 Å². The van der Waals surface area contributed by atoms with E-state index in [4.69, 9.17) is 0 Å². The highest BCUT2D eigenvalue weighted by Gasteiger charge is 2.09. The minimum Gasteiger partial charge on any atom is -0.289 e. The predicted molar refractivity (Wildman–Crippen MR) is 58.8 cm³/mol. The number of aryl methyl sites for hydroxylation is 1. The number of rotatable bonds is 2. The smallest absolute Gasteiger partial charge is 0.193 e. The van der Waals surface area contributed by atoms with Crippen LogP contribution in [0.4, 0.5) is 4.39 Å². The summed E-state index contributed by atoms with van der Waals surface area (Å²) in [7, 11) is 0. The normalized spacial score (nSPS) is 10.1. The Morgan fingerprint density at radius 2 is 1.81 bits per heavy atom. The molecule has 16 heavy (non-hydrogen) atoms. The van der Waals surface area contributed by atoms with Gasteiger partial charge in [-0.15, -0.1) is 0 Å². The van der Waals surface area contributed by atoms with Crippen LogP contribution in [0.1, 0.15) is 21.5 Å². The number of hydrogen-bond acceptors (Lipinski definition) is 2. The predicted octanol–water partition coefficient (Wildman–Crippen LogP) is 2.76. The third kappa shape index (κ3) is 1.98. The number of nitrogens with zero attached hydrogens (tertiary/aromatic N) is 1. The molecular weight excluding hydrogens is 205 g/mol. The third-order valence-corrected chi connectivity index (χ3v) is 2.36. The van der Waals surface area contributed by atoms with Gasteiger partial charge >= 0.3 is 0 Å². The van der Waals surface area contributed by atoms with Crippen molar-refractivity contribution in [2.45, 2.75) is 6.92 Å². The lowest BCUT2D eigenvalue weighted by atomic mass is 10.0. The number of benzene rings is 1. The maximum Gasteiger partial charge on any atom is 0.193 e. The van der Waals surface area contributed by atoms with E-state index in [9.17, 15) is 9.18 Å². The molecule has 0 radical (unpaired) electrons. The Morgan fingerprint density at radius 1 is 1.12 bits per heavy atom. The van der Waals surface area contributed by atoms with Crippen molar-refractivity contribution in [1.29, 1.82) is 0 Å². The molecule has 1 aromatic carbocycles. The molecular formula is C13H10FNO. The minimum absolute atomic E-state index is 0.120. The van der Waals surface area contributed by atoms with Gasteiger partial charge < -0.3 is 0 Å². The van der Waals surface area contributed by atoms with Crippen molar-refractivity contribution in [2.24, 2.45) is 0 Å². The summed E-state index contributed by atoms with van der Waals surface area (Å²) in [4.78, 5) is 15.8. The lowest BCUT2D eigenvalue weighted by Gasteiger charge is -2.02. The fourth-order valence-electron chi connectivity index (χ4n) is 1.46. The van der Waals surface area contributed by atoms with E-state index in [0.29, 0.717) is 16.7 Å². The first-order chi connectivity index (χ1) is 7.68. The first-order valence-electron chi connectivity index (χ1n) is 4.89. The lowest BCUT2D eigenvalue weighted by Crippen LogP contribution is -2.02. The summed E-state index contributed by atoms with van der Waals surface area (Å²) in [6.45, 7) is 1.64. The van der Waals surface area contributed by atoms with Crippen molar-refractivity contribution >= 4 is 5.78 Å². The van der Waals surface area contributed by atoms with Gasteiger partial charge in [-0.05, 0) is 42.8 Å². The van der Waals surface area contributed by atoms with Gasteiger partial charge in [0.25, 0.3) is 0 Å². The molecule has 2 nitrogen and oxygen atoms in total. The molecule has 1 aromatic heterocycles. The zero-order valence-electron chi connectivity index (χ0n) is 8.77. The lowest BCUT2D eigenvalue weighted by molar-refractivity contribution is 0.103. The number of hydrogen-bond donors (Lipinski definition) is 0. The summed E-state index contributed by atoms with van der Waals surface area (Å²) in [5.74, 6) is -0.420. The van der Waals surface area contributed by atoms with E-state index in [2.05, 4.69) is 4.98 Å². The van der Waals surface area contributed by atoms with Gasteiger partial charge in [0.05, 0.1) is 0 Å². The molecule has 0 aliphatic rings. The maximum absolute atomic E-state index is 13.0. The van der Waals surface area contributed by atoms with Crippen molar-refractivity contribution in [1.82, 2.24) is 4.98 Å². The van der Waals surface area contributed by atoms with Crippen LogP contribution in [0.5, 0.6) is 0 Å². The fourth-order valence-corrected chi connectivity index (χ4v) is 1.46. The van der Waals surface area contributed by atoms with E-state index in [1.807, 2.05) is 0 Å². The average Bonchev–Trinajstić information content (AvgIpc) is 2.33. The van der Waals surface area contributed by atoms with Gasteiger partial charge in [0.2, 0.25) is 0 Å². The molecule has 0 bridgehead atoms. The SMILES string of the molecule is Cc1cc(C(=O)c2ccncc2)ccc1F. The van der Waals surface area contributed by atoms with E-state index in [1.165, 1.54) is 12.1 Å². The summed E-state index contributed by atoms with van der Waals surface area (Å²) >= 11 is 0. The van der Waals surface area contributed by atoms with Crippen LogP contribution in [0.25, 0.3) is 0 Å². The van der Waals surface area contributed by atoms with E-state index < -0.39 is 0 Å². The summed E-state index contributed by atoms with van der Waals surface area (Å²) in [6.07, 6.45) is 3.12. The number of aromatic nitrogens is 1. The molecule has 2 rings (SSSR count). The summed E-state index contributed by atoms with van der Waals surface area (Å²) < 4.78 is 13.0. The number of ketones is 1. The second-order valence-corrected chi connectivity index (χ2v) is 3.53. The van der Waals surface area contributed by atoms with Gasteiger partial charge in [-0.2, -0.15) is 0 Å². The van der Waals surface area contributed by atoms with E-state index in [-0.39, 0.29) is 11.6 Å². The Balaban J connectivity index is 2.39. The molecule has 3 heteroatoms. The number of carbonyl (C=O) groups is 1. The Hall–Kier alpha value is -2.03. The van der Waals surface area contributed by atoms with Crippen LogP contribution in [0.3, 0.4) is 0 Å². The second-order valence-electron chi connectivity index (χ2n) is 3.53. The van der Waals surface area contributed by atoms with Crippen LogP contribution in [0, 0.1) is 12.7 Å². The molecule has 0 aliphatic heterocycles. The topological polar surface area (TPSA) is 30.0 Å². The highest BCUT2D eigenvalue weighted by molar-refractivity contribution is 6.08. The van der Waals surface area contributed by atoms with Crippen LogP contribution >= 0.6 is 0 Å². The monoisotopic (exact) mass is 215 g/mol. The van der Waals surface area contributed by atoms with Gasteiger partial charge in [-0.1, -0.05) is 0 Å². The number of pyridine rings is 1. The van der Waals surface area contributed by atoms with Crippen molar-refractivity contribution in [3.63, 3.8) is 0 Å². The van der Waals surface area contributed by atoms with E-state index >= 15 is 0 Å². The Labute approximate surface area is 92.8 Å². The minimum atomic E-state index is -0.300. The van der Waals surface area contributed by atoms with Crippen molar-refractivity contribution in [3.8, 4) is 0 Å². The van der Waals surface area contributed by atoms with Gasteiger partial charge in [0.15, 0.2) is 5.78 Å². The molecule has 80 valence electrons. The molecule has 0 saturated carbocycles. The first kappa shape index (κ1) is 10.5. The first-order valence-corrected chi connectivity index (χ1v) is 4.89. The largest absolute Gasteiger partial charge is 0.289 e. The zero-order valence-corrected chi connectivity index (χ0v) is 8.77. The molecule has 0 amide bonds. The van der Waals surface area contributed by atoms with Crippen LogP contribution < -0.4 is 0 Å². The summed E-state index contributed by atoms with van der Waals surface area (Å²) in [5, 5.41) is 0. The van der Waals surface area contributed by atoms with Crippen LogP contribution in [0.2, 0.25) is 0 Å². The van der Waals surface area contributed by atoms with Crippen LogP contribution in [0.15, 0.2) is 42.7 Å². The van der Waals surface area contributed by atoms with Gasteiger partial charge in [0, 0.05) is 23.5 Å². The quantitative estimate of drug-likeness (QED) is 0.721. The second kappa shape index (κ2) is 4.23. The Kier molecular flexibility index (Phi) is 2.77. The summed E-state index contributed by atoms with van der Waals surface area (Å²) in [6, 6.07) is 7.63. The third-order valence-electron chi connectivity index (χ3n) is 2.36. The molecule has 0 atom stereocenters. The average molecular weight is 215 g/mol. The molecule has 0 spiro atoms. The molecule has 1 heterocycles. The molecule has 0 N–H and O–H groups in total. The zero-order chi connectivity index (χ0) is 11.5. The highest BCUT2D eigenvalue weighted by Crippen LogP contribution is 2.13. The van der Waals surface area contributed by atoms with Crippen LogP contribution in [-0.2, 0) is 0 Å². The van der Waals surface area contributed by atoms with Crippen LogP contribution in [-0.4, -0.2) is 10.8 Å².